The summed E-state index contributed by atoms with van der Waals surface area (Å²) in [5, 5.41) is 9.87. The van der Waals surface area contributed by atoms with Gasteiger partial charge in [0.1, 0.15) is 0 Å². The first kappa shape index (κ1) is 30.2. The molecule has 1 aromatic heterocycles. The smallest absolute Gasteiger partial charge is 0.0534 e. The second kappa shape index (κ2) is 10.9. The summed E-state index contributed by atoms with van der Waals surface area (Å²) in [6.07, 6.45) is 15.5. The third-order valence-corrected chi connectivity index (χ3v) is 14.7. The normalized spacial score (nSPS) is 22.4. The van der Waals surface area contributed by atoms with Crippen LogP contribution in [0.1, 0.15) is 55.0 Å². The van der Waals surface area contributed by atoms with Gasteiger partial charge in [-0.25, -0.2) is 0 Å². The Morgan fingerprint density at radius 3 is 2.15 bits per heavy atom. The zero-order chi connectivity index (χ0) is 35.0. The van der Waals surface area contributed by atoms with Crippen LogP contribution in [0.15, 0.2) is 161 Å². The van der Waals surface area contributed by atoms with Gasteiger partial charge in [0.2, 0.25) is 0 Å². The van der Waals surface area contributed by atoms with Crippen molar-refractivity contribution in [1.82, 2.24) is 4.57 Å². The van der Waals surface area contributed by atoms with E-state index < -0.39 is 0 Å². The lowest BCUT2D eigenvalue weighted by molar-refractivity contribution is 0.315. The zero-order valence-corrected chi connectivity index (χ0v) is 30.9. The molecule has 0 amide bonds. The molecule has 4 aliphatic carbocycles. The maximum atomic E-state index is 2.65. The number of nitrogens with zero attached hydrogens (tertiary/aromatic N) is 1. The third kappa shape index (κ3) is 4.11. The number of allylic oxidation sites excluding steroid dienone is 8. The first-order valence-corrected chi connectivity index (χ1v) is 20.2. The number of hydrogen-bond acceptors (Lipinski definition) is 1. The highest BCUT2D eigenvalue weighted by Crippen LogP contribution is 2.64. The molecule has 3 atom stereocenters. The number of thioether (sulfide) groups is 1. The number of hydrogen-bond donors (Lipinski definition) is 0. The summed E-state index contributed by atoms with van der Waals surface area (Å²) in [5.74, 6) is 0.931. The van der Waals surface area contributed by atoms with E-state index in [2.05, 4.69) is 176 Å². The average molecular weight is 698 g/mol. The molecule has 3 unspecified atom stereocenters. The topological polar surface area (TPSA) is 4.93 Å². The maximum absolute atomic E-state index is 2.65. The summed E-state index contributed by atoms with van der Waals surface area (Å²) in [5.41, 5.74) is 14.7. The van der Waals surface area contributed by atoms with E-state index in [0.29, 0.717) is 17.1 Å². The van der Waals surface area contributed by atoms with Crippen molar-refractivity contribution in [2.24, 2.45) is 11.3 Å². The molecule has 0 fully saturated rings. The fourth-order valence-electron chi connectivity index (χ4n) is 11.0. The van der Waals surface area contributed by atoms with E-state index in [4.69, 9.17) is 0 Å². The van der Waals surface area contributed by atoms with Gasteiger partial charge in [0.25, 0.3) is 0 Å². The van der Waals surface area contributed by atoms with Crippen molar-refractivity contribution in [1.29, 1.82) is 0 Å². The highest BCUT2D eigenvalue weighted by atomic mass is 32.2. The van der Waals surface area contributed by atoms with E-state index in [1.807, 2.05) is 0 Å². The van der Waals surface area contributed by atoms with Crippen LogP contribution >= 0.6 is 11.8 Å². The van der Waals surface area contributed by atoms with Crippen LogP contribution in [0.3, 0.4) is 0 Å². The van der Waals surface area contributed by atoms with E-state index >= 15 is 0 Å². The van der Waals surface area contributed by atoms with Gasteiger partial charge in [0.05, 0.1) is 5.52 Å². The van der Waals surface area contributed by atoms with E-state index in [-0.39, 0.29) is 5.41 Å². The Kier molecular flexibility index (Phi) is 6.19. The van der Waals surface area contributed by atoms with E-state index in [1.54, 1.807) is 11.1 Å². The van der Waals surface area contributed by atoms with Crippen LogP contribution in [0, 0.1) is 11.3 Å². The highest BCUT2D eigenvalue weighted by molar-refractivity contribution is 8.00. The van der Waals surface area contributed by atoms with Crippen molar-refractivity contribution in [2.45, 2.75) is 49.2 Å². The average Bonchev–Trinajstić information content (AvgIpc) is 3.82. The fraction of sp³-hybridized carbons (Fsp3) is 0.176. The van der Waals surface area contributed by atoms with Crippen molar-refractivity contribution in [3.8, 4) is 0 Å². The van der Waals surface area contributed by atoms with Gasteiger partial charge in [-0.3, -0.25) is 0 Å². The van der Waals surface area contributed by atoms with E-state index in [9.17, 15) is 0 Å². The summed E-state index contributed by atoms with van der Waals surface area (Å²) in [7, 11) is 0. The molecule has 53 heavy (non-hydrogen) atoms. The lowest BCUT2D eigenvalue weighted by atomic mass is 9.68. The summed E-state index contributed by atoms with van der Waals surface area (Å²) >= 11 is 2.05. The maximum Gasteiger partial charge on any atom is 0.0534 e. The van der Waals surface area contributed by atoms with Crippen LogP contribution in [-0.2, 0) is 6.42 Å². The molecule has 0 N–H and O–H groups in total. The van der Waals surface area contributed by atoms with Gasteiger partial charge in [-0.1, -0.05) is 129 Å². The van der Waals surface area contributed by atoms with Crippen molar-refractivity contribution >= 4 is 72.3 Å². The zero-order valence-electron chi connectivity index (χ0n) is 30.1. The quantitative estimate of drug-likeness (QED) is 0.163. The Hall–Kier alpha value is -5.31. The Morgan fingerprint density at radius 2 is 1.36 bits per heavy atom. The monoisotopic (exact) mass is 697 g/mol. The summed E-state index contributed by atoms with van der Waals surface area (Å²) < 4.78 is 2.65. The molecular formula is C51H39NS. The van der Waals surface area contributed by atoms with Gasteiger partial charge in [-0.05, 0) is 127 Å². The second-order valence-corrected chi connectivity index (χ2v) is 17.5. The van der Waals surface area contributed by atoms with Crippen LogP contribution < -0.4 is 0 Å². The number of rotatable bonds is 2. The van der Waals surface area contributed by atoms with Crippen LogP contribution in [0.25, 0.3) is 60.6 Å². The predicted octanol–water partition coefficient (Wildman–Crippen LogP) is 13.5. The van der Waals surface area contributed by atoms with Gasteiger partial charge in [0, 0.05) is 38.4 Å². The molecule has 0 spiro atoms. The first-order chi connectivity index (χ1) is 26.0. The number of aromatic nitrogens is 1. The second-order valence-electron chi connectivity index (χ2n) is 16.3. The minimum atomic E-state index is 0.0774. The molecule has 2 heteroatoms. The molecule has 0 radical (unpaired) electrons. The molecule has 12 rings (SSSR count). The number of para-hydroxylation sites is 1. The molecule has 0 saturated carbocycles. The minimum Gasteiger partial charge on any atom is -0.317 e. The molecule has 6 aromatic carbocycles. The van der Waals surface area contributed by atoms with Gasteiger partial charge in [-0.2, -0.15) is 0 Å². The SMILES string of the molecule is CC1(C)C2=C(C=CC3Sc4ccccc4C23)C2=CC=C(n3c4c(c5ccccc53)C=C(c3ccc5c6ccccc6c6ccccc6c5c3)CC4)CC21. The van der Waals surface area contributed by atoms with Crippen LogP contribution in [0.4, 0.5) is 0 Å². The molecule has 1 aliphatic heterocycles. The highest BCUT2D eigenvalue weighted by Gasteiger charge is 2.52. The molecule has 5 aliphatic rings. The molecular weight excluding hydrogens is 659 g/mol. The Morgan fingerprint density at radius 1 is 0.679 bits per heavy atom. The van der Waals surface area contributed by atoms with Crippen LogP contribution in [0.5, 0.6) is 0 Å². The van der Waals surface area contributed by atoms with Gasteiger partial charge >= 0.3 is 0 Å². The molecule has 0 bridgehead atoms. The van der Waals surface area contributed by atoms with E-state index in [0.717, 1.165) is 19.3 Å². The van der Waals surface area contributed by atoms with Gasteiger partial charge < -0.3 is 4.57 Å². The van der Waals surface area contributed by atoms with Crippen molar-refractivity contribution in [2.75, 3.05) is 0 Å². The molecule has 254 valence electrons. The van der Waals surface area contributed by atoms with Crippen molar-refractivity contribution < 1.29 is 0 Å². The Labute approximate surface area is 314 Å². The molecule has 7 aromatic rings. The standard InChI is InChI=1S/C51H39NS/c1-51(2)44-29-32(21-23-38(44)40-24-26-48-49(50(40)51)41-16-8-10-18-47(41)53-48)52-45-17-9-7-15-39(45)43-28-31(20-25-46(43)52)30-19-22-37-35-13-4-3-11-33(35)34-12-5-6-14-36(34)42(37)27-30/h3-19,21-24,26-28,44,48-49H,20,25,29H2,1-2H3. The summed E-state index contributed by atoms with van der Waals surface area (Å²) in [6, 6.07) is 43.3. The van der Waals surface area contributed by atoms with Crippen LogP contribution in [-0.4, -0.2) is 9.82 Å². The minimum absolute atomic E-state index is 0.0774. The van der Waals surface area contributed by atoms with Gasteiger partial charge in [0.15, 0.2) is 0 Å². The van der Waals surface area contributed by atoms with E-state index in [1.165, 1.54) is 87.3 Å². The Balaban J connectivity index is 0.970. The van der Waals surface area contributed by atoms with Crippen molar-refractivity contribution in [3.05, 3.63) is 179 Å². The lowest BCUT2D eigenvalue weighted by Crippen LogP contribution is -2.29. The summed E-state index contributed by atoms with van der Waals surface area (Å²) in [4.78, 5) is 1.46. The molecule has 1 nitrogen and oxygen atoms in total. The molecule has 0 saturated heterocycles. The third-order valence-electron chi connectivity index (χ3n) is 13.4. The summed E-state index contributed by atoms with van der Waals surface area (Å²) in [6.45, 7) is 5.07. The van der Waals surface area contributed by atoms with Crippen LogP contribution in [0.2, 0.25) is 0 Å². The largest absolute Gasteiger partial charge is 0.317 e. The van der Waals surface area contributed by atoms with Gasteiger partial charge in [-0.15, -0.1) is 11.8 Å². The fourth-order valence-corrected chi connectivity index (χ4v) is 12.4. The van der Waals surface area contributed by atoms with Crippen molar-refractivity contribution in [3.63, 3.8) is 0 Å². The number of benzene rings is 6. The first-order valence-electron chi connectivity index (χ1n) is 19.3. The predicted molar refractivity (Wildman–Crippen MR) is 226 cm³/mol. The Bertz CT molecular complexity index is 2900. The molecule has 2 heterocycles. The number of fused-ring (bicyclic) bond motifs is 15. The lowest BCUT2D eigenvalue weighted by Gasteiger charge is -2.37.